The van der Waals surface area contributed by atoms with Crippen LogP contribution in [0.5, 0.6) is 0 Å². The lowest BCUT2D eigenvalue weighted by atomic mass is 10.0. The highest BCUT2D eigenvalue weighted by molar-refractivity contribution is 6.05. The van der Waals surface area contributed by atoms with Crippen LogP contribution in [-0.2, 0) is 0 Å². The predicted octanol–water partition coefficient (Wildman–Crippen LogP) is 4.47. The first kappa shape index (κ1) is 11.9. The maximum atomic E-state index is 2.44. The molecule has 0 saturated heterocycles. The molecule has 0 amide bonds. The quantitative estimate of drug-likeness (QED) is 0.604. The zero-order valence-corrected chi connectivity index (χ0v) is 12.7. The third-order valence-corrected chi connectivity index (χ3v) is 4.88. The van der Waals surface area contributed by atoms with E-state index < -0.39 is 0 Å². The van der Waals surface area contributed by atoms with Crippen LogP contribution in [0, 0.1) is 0 Å². The normalized spacial score (nSPS) is 15.3. The summed E-state index contributed by atoms with van der Waals surface area (Å²) in [5.74, 6) is 0. The molecular weight excluding hydrogens is 270 g/mol. The molecule has 2 aliphatic rings. The minimum Gasteiger partial charge on any atom is -0.355 e. The van der Waals surface area contributed by atoms with Crippen LogP contribution in [0.25, 0.3) is 10.8 Å². The van der Waals surface area contributed by atoms with Crippen molar-refractivity contribution < 1.29 is 0 Å². The maximum absolute atomic E-state index is 2.44. The van der Waals surface area contributed by atoms with Crippen molar-refractivity contribution in [1.82, 2.24) is 0 Å². The molecule has 108 valence electrons. The molecule has 0 fully saturated rings. The average molecular weight is 287 g/mol. The molecule has 0 spiro atoms. The first-order valence-electron chi connectivity index (χ1n) is 7.62. The predicted molar refractivity (Wildman–Crippen MR) is 93.9 cm³/mol. The van der Waals surface area contributed by atoms with E-state index in [0.29, 0.717) is 0 Å². The number of nitrogens with zero attached hydrogens (tertiary/aromatic N) is 3. The Kier molecular flexibility index (Phi) is 2.14. The molecule has 5 rings (SSSR count). The summed E-state index contributed by atoms with van der Waals surface area (Å²) in [5.41, 5.74) is 6.49. The second-order valence-electron chi connectivity index (χ2n) is 6.16. The minimum atomic E-state index is 0.908. The summed E-state index contributed by atoms with van der Waals surface area (Å²) in [6.07, 6.45) is 0. The molecule has 3 heteroatoms. The van der Waals surface area contributed by atoms with Crippen molar-refractivity contribution in [2.24, 2.45) is 0 Å². The fraction of sp³-hybridized carbons (Fsp3) is 0.158. The molecule has 0 radical (unpaired) electrons. The number of hydrogen-bond donors (Lipinski definition) is 0. The highest BCUT2D eigenvalue weighted by atomic mass is 15.4. The second-order valence-corrected chi connectivity index (χ2v) is 6.16. The fourth-order valence-corrected chi connectivity index (χ4v) is 3.76. The third kappa shape index (κ3) is 1.36. The second kappa shape index (κ2) is 3.95. The van der Waals surface area contributed by atoms with E-state index >= 15 is 0 Å². The first-order chi connectivity index (χ1) is 10.7. The van der Waals surface area contributed by atoms with E-state index in [1.807, 2.05) is 0 Å². The van der Waals surface area contributed by atoms with Crippen molar-refractivity contribution in [3.63, 3.8) is 0 Å². The van der Waals surface area contributed by atoms with Gasteiger partial charge in [-0.2, -0.15) is 0 Å². The molecule has 0 unspecified atom stereocenters. The molecule has 3 aromatic rings. The molecule has 2 heterocycles. The minimum absolute atomic E-state index is 0.908. The van der Waals surface area contributed by atoms with E-state index in [1.54, 1.807) is 0 Å². The van der Waals surface area contributed by atoms with Gasteiger partial charge in [0, 0.05) is 14.1 Å². The molecule has 0 atom stereocenters. The van der Waals surface area contributed by atoms with Crippen LogP contribution in [0.1, 0.15) is 0 Å². The Morgan fingerprint density at radius 1 is 0.727 bits per heavy atom. The van der Waals surface area contributed by atoms with Gasteiger partial charge in [-0.3, -0.25) is 0 Å². The summed E-state index contributed by atoms with van der Waals surface area (Å²) in [5, 5.41) is 2.59. The van der Waals surface area contributed by atoms with Crippen LogP contribution in [0.4, 0.5) is 28.4 Å². The SMILES string of the molecule is CN1CN2c3cc4ccccc4cc3N(C)c3cccc1c32. The summed E-state index contributed by atoms with van der Waals surface area (Å²) >= 11 is 0. The van der Waals surface area contributed by atoms with Gasteiger partial charge >= 0.3 is 0 Å². The van der Waals surface area contributed by atoms with Crippen molar-refractivity contribution >= 4 is 39.2 Å². The number of hydrogen-bond acceptors (Lipinski definition) is 3. The van der Waals surface area contributed by atoms with Gasteiger partial charge in [-0.15, -0.1) is 0 Å². The molecule has 0 aromatic heterocycles. The summed E-state index contributed by atoms with van der Waals surface area (Å²) in [6, 6.07) is 19.8. The highest BCUT2D eigenvalue weighted by Gasteiger charge is 2.34. The Morgan fingerprint density at radius 3 is 2.18 bits per heavy atom. The van der Waals surface area contributed by atoms with Crippen LogP contribution in [0.15, 0.2) is 54.6 Å². The number of rotatable bonds is 0. The van der Waals surface area contributed by atoms with Gasteiger partial charge in [-0.05, 0) is 35.0 Å². The van der Waals surface area contributed by atoms with Crippen LogP contribution in [0.3, 0.4) is 0 Å². The summed E-state index contributed by atoms with van der Waals surface area (Å²) in [4.78, 5) is 7.07. The van der Waals surface area contributed by atoms with Crippen LogP contribution >= 0.6 is 0 Å². The lowest BCUT2D eigenvalue weighted by Gasteiger charge is -2.35. The zero-order valence-electron chi connectivity index (χ0n) is 12.7. The zero-order chi connectivity index (χ0) is 14.8. The Bertz CT molecular complexity index is 916. The van der Waals surface area contributed by atoms with Crippen molar-refractivity contribution in [1.29, 1.82) is 0 Å². The van der Waals surface area contributed by atoms with Gasteiger partial charge in [0.2, 0.25) is 0 Å². The number of benzene rings is 3. The van der Waals surface area contributed by atoms with Crippen molar-refractivity contribution in [2.75, 3.05) is 35.5 Å². The lowest BCUT2D eigenvalue weighted by molar-refractivity contribution is 0.941. The molecule has 3 aromatic carbocycles. The first-order valence-corrected chi connectivity index (χ1v) is 7.62. The smallest absolute Gasteiger partial charge is 0.0951 e. The van der Waals surface area contributed by atoms with Gasteiger partial charge in [-0.25, -0.2) is 0 Å². The molecule has 0 saturated carbocycles. The molecule has 0 bridgehead atoms. The topological polar surface area (TPSA) is 9.72 Å². The molecule has 2 aliphatic heterocycles. The summed E-state index contributed by atoms with van der Waals surface area (Å²) in [7, 11) is 4.33. The van der Waals surface area contributed by atoms with Gasteiger partial charge in [-0.1, -0.05) is 30.3 Å². The van der Waals surface area contributed by atoms with Crippen LogP contribution in [0.2, 0.25) is 0 Å². The van der Waals surface area contributed by atoms with Crippen molar-refractivity contribution in [3.8, 4) is 0 Å². The highest BCUT2D eigenvalue weighted by Crippen LogP contribution is 2.54. The van der Waals surface area contributed by atoms with E-state index in [1.165, 1.54) is 39.2 Å². The fourth-order valence-electron chi connectivity index (χ4n) is 3.76. The Morgan fingerprint density at radius 2 is 1.41 bits per heavy atom. The van der Waals surface area contributed by atoms with Gasteiger partial charge in [0.15, 0.2) is 0 Å². The molecular formula is C19H17N3. The number of fused-ring (bicyclic) bond motifs is 3. The molecule has 0 N–H and O–H groups in total. The lowest BCUT2D eigenvalue weighted by Crippen LogP contribution is -2.28. The largest absolute Gasteiger partial charge is 0.355 e. The Labute approximate surface area is 130 Å². The van der Waals surface area contributed by atoms with Gasteiger partial charge in [0.25, 0.3) is 0 Å². The Hall–Kier alpha value is -2.68. The van der Waals surface area contributed by atoms with Gasteiger partial charge in [0.1, 0.15) is 0 Å². The standard InChI is InChI=1S/C19H17N3/c1-20-12-22-18-11-14-7-4-3-6-13(14)10-17(18)21(2)16-9-5-8-15(20)19(16)22/h3-11H,12H2,1-2H3. The van der Waals surface area contributed by atoms with Gasteiger partial charge in [0.05, 0.1) is 35.1 Å². The molecule has 0 aliphatic carbocycles. The number of para-hydroxylation sites is 1. The summed E-state index contributed by atoms with van der Waals surface area (Å²) in [6.45, 7) is 0.908. The van der Waals surface area contributed by atoms with Gasteiger partial charge < -0.3 is 14.7 Å². The van der Waals surface area contributed by atoms with E-state index in [9.17, 15) is 0 Å². The van der Waals surface area contributed by atoms with Crippen LogP contribution in [-0.4, -0.2) is 20.8 Å². The maximum Gasteiger partial charge on any atom is 0.0951 e. The summed E-state index contributed by atoms with van der Waals surface area (Å²) < 4.78 is 0. The monoisotopic (exact) mass is 287 g/mol. The van der Waals surface area contributed by atoms with Crippen molar-refractivity contribution in [3.05, 3.63) is 54.6 Å². The van der Waals surface area contributed by atoms with E-state index in [4.69, 9.17) is 0 Å². The third-order valence-electron chi connectivity index (χ3n) is 4.88. The van der Waals surface area contributed by atoms with E-state index in [-0.39, 0.29) is 0 Å². The van der Waals surface area contributed by atoms with Crippen LogP contribution < -0.4 is 14.7 Å². The van der Waals surface area contributed by atoms with E-state index in [0.717, 1.165) is 6.67 Å². The van der Waals surface area contributed by atoms with Crippen molar-refractivity contribution in [2.45, 2.75) is 0 Å². The Balaban J connectivity index is 1.85. The average Bonchev–Trinajstić information content (AvgIpc) is 2.89. The molecule has 22 heavy (non-hydrogen) atoms. The number of anilines is 5. The van der Waals surface area contributed by atoms with E-state index in [2.05, 4.69) is 83.4 Å². The molecule has 3 nitrogen and oxygen atoms in total.